The van der Waals surface area contributed by atoms with E-state index in [0.717, 1.165) is 12.8 Å². The van der Waals surface area contributed by atoms with Crippen LogP contribution < -0.4 is 5.32 Å². The van der Waals surface area contributed by atoms with E-state index in [1.165, 1.54) is 0 Å². The molecule has 3 heteroatoms. The highest BCUT2D eigenvalue weighted by atomic mass is 16.2. The number of carbonyl (C=O) groups is 2. The summed E-state index contributed by atoms with van der Waals surface area (Å²) in [6.07, 6.45) is 2.50. The van der Waals surface area contributed by atoms with Crippen molar-refractivity contribution < 1.29 is 9.59 Å². The van der Waals surface area contributed by atoms with Gasteiger partial charge in [-0.15, -0.1) is 0 Å². The molecule has 0 aliphatic carbocycles. The Balaban J connectivity index is 2.70. The molecule has 15 heavy (non-hydrogen) atoms. The lowest BCUT2D eigenvalue weighted by molar-refractivity contribution is -0.142. The summed E-state index contributed by atoms with van der Waals surface area (Å²) in [6.45, 7) is 8.30. The number of imide groups is 1. The molecule has 0 aromatic heterocycles. The highest BCUT2D eigenvalue weighted by molar-refractivity contribution is 5.99. The normalized spacial score (nSPS) is 31.9. The number of hydrogen-bond acceptors (Lipinski definition) is 2. The molecule has 1 fully saturated rings. The van der Waals surface area contributed by atoms with Crippen LogP contribution >= 0.6 is 0 Å². The van der Waals surface area contributed by atoms with Gasteiger partial charge >= 0.3 is 0 Å². The summed E-state index contributed by atoms with van der Waals surface area (Å²) in [5.74, 6) is 0.324. The van der Waals surface area contributed by atoms with Gasteiger partial charge in [0.15, 0.2) is 0 Å². The van der Waals surface area contributed by atoms with Crippen LogP contribution in [0.5, 0.6) is 0 Å². The predicted octanol–water partition coefficient (Wildman–Crippen LogP) is 2.11. The number of carbonyl (C=O) groups excluding carboxylic acids is 2. The maximum atomic E-state index is 11.5. The second-order valence-electron chi connectivity index (χ2n) is 5.40. The maximum absolute atomic E-state index is 11.5. The molecule has 0 radical (unpaired) electrons. The molecule has 3 nitrogen and oxygen atoms in total. The first-order chi connectivity index (χ1) is 6.85. The molecule has 0 spiro atoms. The zero-order valence-electron chi connectivity index (χ0n) is 10.1. The van der Waals surface area contributed by atoms with E-state index in [1.54, 1.807) is 0 Å². The molecule has 0 aromatic rings. The topological polar surface area (TPSA) is 46.2 Å². The van der Waals surface area contributed by atoms with Crippen LogP contribution in [0.4, 0.5) is 0 Å². The first kappa shape index (κ1) is 12.2. The Kier molecular flexibility index (Phi) is 3.53. The molecular formula is C12H21NO2. The van der Waals surface area contributed by atoms with Crippen LogP contribution in [0, 0.1) is 17.3 Å². The second-order valence-corrected chi connectivity index (χ2v) is 5.40. The van der Waals surface area contributed by atoms with Gasteiger partial charge in [-0.3, -0.25) is 14.9 Å². The summed E-state index contributed by atoms with van der Waals surface area (Å²) in [5, 5.41) is 2.39. The van der Waals surface area contributed by atoms with Crippen LogP contribution in [0.2, 0.25) is 0 Å². The molecule has 0 saturated carbocycles. The van der Waals surface area contributed by atoms with Crippen LogP contribution in [0.15, 0.2) is 0 Å². The van der Waals surface area contributed by atoms with Crippen LogP contribution in [0.1, 0.15) is 47.0 Å². The number of piperidine rings is 1. The van der Waals surface area contributed by atoms with Gasteiger partial charge < -0.3 is 0 Å². The average Bonchev–Trinajstić information content (AvgIpc) is 2.11. The first-order valence-electron chi connectivity index (χ1n) is 5.69. The van der Waals surface area contributed by atoms with E-state index >= 15 is 0 Å². The molecule has 0 bridgehead atoms. The van der Waals surface area contributed by atoms with Crippen LogP contribution in [0.3, 0.4) is 0 Å². The number of hydrogen-bond donors (Lipinski definition) is 1. The van der Waals surface area contributed by atoms with Gasteiger partial charge in [0.05, 0.1) is 0 Å². The summed E-state index contributed by atoms with van der Waals surface area (Å²) < 4.78 is 0. The zero-order valence-corrected chi connectivity index (χ0v) is 10.1. The molecule has 1 aliphatic rings. The van der Waals surface area contributed by atoms with Crippen molar-refractivity contribution in [3.05, 3.63) is 0 Å². The zero-order chi connectivity index (χ0) is 11.6. The largest absolute Gasteiger partial charge is 0.296 e. The fraction of sp³-hybridized carbons (Fsp3) is 0.833. The van der Waals surface area contributed by atoms with Crippen LogP contribution in [-0.2, 0) is 9.59 Å². The van der Waals surface area contributed by atoms with Crippen molar-refractivity contribution in [3.8, 4) is 0 Å². The van der Waals surface area contributed by atoms with Gasteiger partial charge in [-0.1, -0.05) is 34.1 Å². The van der Waals surface area contributed by atoms with Gasteiger partial charge in [0, 0.05) is 12.3 Å². The molecule has 2 amide bonds. The molecule has 1 heterocycles. The SMILES string of the molecule is CC(C)CCC1(C)CC(=O)NC(=O)C1C. The third-order valence-corrected chi connectivity index (χ3v) is 3.56. The molecule has 1 N–H and O–H groups in total. The Bertz CT molecular complexity index is 273. The van der Waals surface area contributed by atoms with Crippen molar-refractivity contribution in [2.45, 2.75) is 47.0 Å². The fourth-order valence-electron chi connectivity index (χ4n) is 2.05. The minimum absolute atomic E-state index is 0.0612. The van der Waals surface area contributed by atoms with E-state index in [1.807, 2.05) is 6.92 Å². The summed E-state index contributed by atoms with van der Waals surface area (Å²) in [5.41, 5.74) is -0.149. The Labute approximate surface area is 91.6 Å². The van der Waals surface area contributed by atoms with Gasteiger partial charge in [-0.2, -0.15) is 0 Å². The average molecular weight is 211 g/mol. The summed E-state index contributed by atoms with van der Waals surface area (Å²) in [6, 6.07) is 0. The lowest BCUT2D eigenvalue weighted by Gasteiger charge is -2.38. The third-order valence-electron chi connectivity index (χ3n) is 3.56. The molecule has 1 aliphatic heterocycles. The molecule has 1 rings (SSSR count). The quantitative estimate of drug-likeness (QED) is 0.727. The van der Waals surface area contributed by atoms with E-state index < -0.39 is 0 Å². The van der Waals surface area contributed by atoms with Crippen molar-refractivity contribution >= 4 is 11.8 Å². The van der Waals surface area contributed by atoms with Crippen molar-refractivity contribution in [3.63, 3.8) is 0 Å². The van der Waals surface area contributed by atoms with Gasteiger partial charge in [-0.05, 0) is 17.8 Å². The number of rotatable bonds is 3. The van der Waals surface area contributed by atoms with Gasteiger partial charge in [0.1, 0.15) is 0 Å². The molecule has 0 aromatic carbocycles. The monoisotopic (exact) mass is 211 g/mol. The van der Waals surface area contributed by atoms with Crippen molar-refractivity contribution in [1.82, 2.24) is 5.32 Å². The number of amides is 2. The predicted molar refractivity (Wildman–Crippen MR) is 59.1 cm³/mol. The summed E-state index contributed by atoms with van der Waals surface area (Å²) in [4.78, 5) is 22.9. The minimum atomic E-state index is -0.149. The molecule has 86 valence electrons. The van der Waals surface area contributed by atoms with Crippen molar-refractivity contribution in [2.75, 3.05) is 0 Å². The van der Waals surface area contributed by atoms with Gasteiger partial charge in [-0.25, -0.2) is 0 Å². The van der Waals surface area contributed by atoms with E-state index in [0.29, 0.717) is 12.3 Å². The lowest BCUT2D eigenvalue weighted by Crippen LogP contribution is -2.49. The summed E-state index contributed by atoms with van der Waals surface area (Å²) in [7, 11) is 0. The standard InChI is InChI=1S/C12H21NO2/c1-8(2)5-6-12(4)7-10(14)13-11(15)9(12)3/h8-9H,5-7H2,1-4H3,(H,13,14,15). The fourth-order valence-corrected chi connectivity index (χ4v) is 2.05. The van der Waals surface area contributed by atoms with Crippen molar-refractivity contribution in [1.29, 1.82) is 0 Å². The summed E-state index contributed by atoms with van der Waals surface area (Å²) >= 11 is 0. The van der Waals surface area contributed by atoms with Gasteiger partial charge in [0.2, 0.25) is 11.8 Å². The van der Waals surface area contributed by atoms with Crippen molar-refractivity contribution in [2.24, 2.45) is 17.3 Å². The first-order valence-corrected chi connectivity index (χ1v) is 5.69. The highest BCUT2D eigenvalue weighted by Gasteiger charge is 2.41. The Hall–Kier alpha value is -0.860. The third kappa shape index (κ3) is 2.80. The van der Waals surface area contributed by atoms with Crippen LogP contribution in [-0.4, -0.2) is 11.8 Å². The number of nitrogens with one attached hydrogen (secondary N) is 1. The Morgan fingerprint density at radius 3 is 2.60 bits per heavy atom. The smallest absolute Gasteiger partial charge is 0.229 e. The van der Waals surface area contributed by atoms with Gasteiger partial charge in [0.25, 0.3) is 0 Å². The van der Waals surface area contributed by atoms with E-state index in [-0.39, 0.29) is 23.1 Å². The van der Waals surface area contributed by atoms with E-state index in [2.05, 4.69) is 26.1 Å². The maximum Gasteiger partial charge on any atom is 0.229 e. The molecule has 2 atom stereocenters. The van der Waals surface area contributed by atoms with Crippen LogP contribution in [0.25, 0.3) is 0 Å². The molecule has 2 unspecified atom stereocenters. The Morgan fingerprint density at radius 2 is 2.07 bits per heavy atom. The minimum Gasteiger partial charge on any atom is -0.296 e. The molecule has 1 saturated heterocycles. The highest BCUT2D eigenvalue weighted by Crippen LogP contribution is 2.39. The van der Waals surface area contributed by atoms with E-state index in [9.17, 15) is 9.59 Å². The molecular weight excluding hydrogens is 190 g/mol. The van der Waals surface area contributed by atoms with E-state index in [4.69, 9.17) is 0 Å². The second kappa shape index (κ2) is 4.33. The lowest BCUT2D eigenvalue weighted by atomic mass is 9.69. The Morgan fingerprint density at radius 1 is 1.47 bits per heavy atom.